The Bertz CT molecular complexity index is 1200. The topological polar surface area (TPSA) is 133 Å². The number of carbonyl (C=O) groups is 3. The molecule has 1 unspecified atom stereocenters. The molecule has 0 spiro atoms. The molecule has 2 aromatic rings. The summed E-state index contributed by atoms with van der Waals surface area (Å²) in [7, 11) is 1.26. The van der Waals surface area contributed by atoms with Crippen LogP contribution in [-0.4, -0.2) is 71.7 Å². The van der Waals surface area contributed by atoms with Crippen molar-refractivity contribution in [2.24, 2.45) is 0 Å². The third kappa shape index (κ3) is 7.25. The number of nitrogens with zero attached hydrogens (tertiary/aromatic N) is 2. The van der Waals surface area contributed by atoms with Crippen molar-refractivity contribution in [2.75, 3.05) is 32.1 Å². The zero-order valence-corrected chi connectivity index (χ0v) is 22.0. The minimum atomic E-state index is -4.56. The van der Waals surface area contributed by atoms with Crippen LogP contribution in [-0.2, 0) is 21.3 Å². The van der Waals surface area contributed by atoms with Gasteiger partial charge in [0.15, 0.2) is 5.13 Å². The first-order valence-corrected chi connectivity index (χ1v) is 13.3. The molecule has 4 rings (SSSR count). The number of aliphatic hydroxyl groups is 1. The number of hydrogen-bond donors (Lipinski definition) is 4. The molecule has 4 N–H and O–H groups in total. The molecular formula is C25H30F3N5O5S. The van der Waals surface area contributed by atoms with Gasteiger partial charge in [-0.2, -0.15) is 13.2 Å². The van der Waals surface area contributed by atoms with Crippen molar-refractivity contribution >= 4 is 34.4 Å². The predicted octanol–water partition coefficient (Wildman–Crippen LogP) is 3.09. The highest BCUT2D eigenvalue weighted by Crippen LogP contribution is 2.42. The molecule has 1 aliphatic carbocycles. The summed E-state index contributed by atoms with van der Waals surface area (Å²) in [6, 6.07) is 4.16. The second-order valence-corrected chi connectivity index (χ2v) is 10.7. The van der Waals surface area contributed by atoms with Crippen molar-refractivity contribution in [3.8, 4) is 0 Å². The normalized spacial score (nSPS) is 23.7. The second-order valence-electron chi connectivity index (χ2n) is 9.72. The number of amides is 3. The molecule has 1 atom stereocenters. The number of carbonyl (C=O) groups excluding carboxylic acids is 3. The maximum Gasteiger partial charge on any atom is 0.416 e. The van der Waals surface area contributed by atoms with Gasteiger partial charge in [0.25, 0.3) is 5.91 Å². The zero-order valence-electron chi connectivity index (χ0n) is 21.2. The second kappa shape index (κ2) is 11.9. The van der Waals surface area contributed by atoms with Crippen LogP contribution in [0, 0.1) is 0 Å². The molecular weight excluding hydrogens is 539 g/mol. The van der Waals surface area contributed by atoms with E-state index in [0.29, 0.717) is 29.4 Å². The van der Waals surface area contributed by atoms with Gasteiger partial charge in [-0.25, -0.2) is 9.78 Å². The molecule has 14 heteroatoms. The standard InChI is InChI=1S/C25H30F3N5O5S/c1-38-23(36)32-22-30-12-19(39-22)24(37)8-5-18(6-9-24)33-10-7-17(14-33)31-20(34)13-29-21(35)15-3-2-4-16(11-15)25(26,27)28/h2-4,11-12,17-18,37H,5-10,13-14H2,1H3,(H,29,35)(H,31,34)(H,30,32,36). The lowest BCUT2D eigenvalue weighted by molar-refractivity contribution is -0.137. The van der Waals surface area contributed by atoms with E-state index in [-0.39, 0.29) is 24.2 Å². The predicted molar refractivity (Wildman–Crippen MR) is 136 cm³/mol. The molecule has 1 aromatic carbocycles. The first-order valence-electron chi connectivity index (χ1n) is 12.5. The van der Waals surface area contributed by atoms with Crippen molar-refractivity contribution in [1.82, 2.24) is 20.5 Å². The van der Waals surface area contributed by atoms with Gasteiger partial charge in [-0.1, -0.05) is 17.4 Å². The molecule has 1 saturated carbocycles. The molecule has 0 radical (unpaired) electrons. The Balaban J connectivity index is 1.21. The fourth-order valence-electron chi connectivity index (χ4n) is 4.99. The number of aromatic nitrogens is 1. The Morgan fingerprint density at radius 3 is 2.67 bits per heavy atom. The summed E-state index contributed by atoms with van der Waals surface area (Å²) < 4.78 is 43.2. The van der Waals surface area contributed by atoms with Gasteiger partial charge < -0.3 is 20.5 Å². The van der Waals surface area contributed by atoms with Gasteiger partial charge in [-0.3, -0.25) is 19.8 Å². The van der Waals surface area contributed by atoms with Crippen molar-refractivity contribution in [3.63, 3.8) is 0 Å². The minimum absolute atomic E-state index is 0.114. The van der Waals surface area contributed by atoms with Crippen LogP contribution in [0.1, 0.15) is 52.9 Å². The summed E-state index contributed by atoms with van der Waals surface area (Å²) >= 11 is 1.22. The van der Waals surface area contributed by atoms with Gasteiger partial charge >= 0.3 is 12.3 Å². The molecule has 2 heterocycles. The van der Waals surface area contributed by atoms with E-state index in [1.165, 1.54) is 24.5 Å². The largest absolute Gasteiger partial charge is 0.453 e. The number of halogens is 3. The highest BCUT2D eigenvalue weighted by atomic mass is 32.1. The number of anilines is 1. The van der Waals surface area contributed by atoms with Crippen LogP contribution in [0.25, 0.3) is 0 Å². The number of nitrogens with one attached hydrogen (secondary N) is 3. The summed E-state index contributed by atoms with van der Waals surface area (Å²) in [6.07, 6.45) is -0.314. The summed E-state index contributed by atoms with van der Waals surface area (Å²) in [5.41, 5.74) is -2.12. The Morgan fingerprint density at radius 2 is 1.97 bits per heavy atom. The molecule has 1 aromatic heterocycles. The average molecular weight is 570 g/mol. The summed E-state index contributed by atoms with van der Waals surface area (Å²) in [4.78, 5) is 43.1. The van der Waals surface area contributed by atoms with Crippen molar-refractivity contribution < 1.29 is 37.4 Å². The molecule has 212 valence electrons. The molecule has 39 heavy (non-hydrogen) atoms. The number of likely N-dealkylation sites (tertiary alicyclic amines) is 1. The Labute approximate surface area is 226 Å². The van der Waals surface area contributed by atoms with E-state index in [1.54, 1.807) is 6.20 Å². The quantitative estimate of drug-likeness (QED) is 0.403. The zero-order chi connectivity index (χ0) is 28.2. The molecule has 1 aliphatic heterocycles. The Kier molecular flexibility index (Phi) is 8.76. The van der Waals surface area contributed by atoms with E-state index in [9.17, 15) is 32.7 Å². The smallest absolute Gasteiger partial charge is 0.416 e. The van der Waals surface area contributed by atoms with Crippen LogP contribution in [0.3, 0.4) is 0 Å². The lowest BCUT2D eigenvalue weighted by atomic mass is 9.81. The van der Waals surface area contributed by atoms with Crippen LogP contribution in [0.4, 0.5) is 23.1 Å². The molecule has 0 bridgehead atoms. The Hall–Kier alpha value is -3.23. The maximum absolute atomic E-state index is 12.9. The summed E-state index contributed by atoms with van der Waals surface area (Å²) in [5.74, 6) is -1.17. The van der Waals surface area contributed by atoms with Crippen LogP contribution < -0.4 is 16.0 Å². The van der Waals surface area contributed by atoms with Gasteiger partial charge in [0, 0.05) is 36.9 Å². The number of hydrogen-bond acceptors (Lipinski definition) is 8. The highest BCUT2D eigenvalue weighted by molar-refractivity contribution is 7.15. The Morgan fingerprint density at radius 1 is 1.23 bits per heavy atom. The van der Waals surface area contributed by atoms with E-state index in [4.69, 9.17) is 0 Å². The number of thiazole rings is 1. The van der Waals surface area contributed by atoms with Crippen molar-refractivity contribution in [2.45, 2.75) is 56.0 Å². The third-order valence-electron chi connectivity index (χ3n) is 7.10. The van der Waals surface area contributed by atoms with E-state index in [2.05, 4.69) is 30.6 Å². The van der Waals surface area contributed by atoms with Gasteiger partial charge in [0.2, 0.25) is 5.91 Å². The number of alkyl halides is 3. The summed E-state index contributed by atoms with van der Waals surface area (Å²) in [5, 5.41) is 19.3. The average Bonchev–Trinajstić information content (AvgIpc) is 3.57. The minimum Gasteiger partial charge on any atom is -0.453 e. The van der Waals surface area contributed by atoms with Crippen LogP contribution in [0.15, 0.2) is 30.5 Å². The first-order chi connectivity index (χ1) is 18.5. The van der Waals surface area contributed by atoms with Crippen LogP contribution in [0.2, 0.25) is 0 Å². The van der Waals surface area contributed by atoms with Crippen molar-refractivity contribution in [1.29, 1.82) is 0 Å². The van der Waals surface area contributed by atoms with Crippen LogP contribution in [0.5, 0.6) is 0 Å². The molecule has 3 amide bonds. The lowest BCUT2D eigenvalue weighted by Gasteiger charge is -2.39. The van der Waals surface area contributed by atoms with Gasteiger partial charge in [0.05, 0.1) is 24.1 Å². The number of benzene rings is 1. The van der Waals surface area contributed by atoms with E-state index in [0.717, 1.165) is 44.0 Å². The fraction of sp³-hybridized carbons (Fsp3) is 0.520. The lowest BCUT2D eigenvalue weighted by Crippen LogP contribution is -2.45. The first kappa shape index (κ1) is 28.8. The van der Waals surface area contributed by atoms with Gasteiger partial charge in [-0.05, 0) is 50.3 Å². The number of rotatable bonds is 7. The number of ether oxygens (including phenoxy) is 1. The molecule has 2 aliphatic rings. The monoisotopic (exact) mass is 569 g/mol. The van der Waals surface area contributed by atoms with Gasteiger partial charge in [-0.15, -0.1) is 0 Å². The van der Waals surface area contributed by atoms with Crippen molar-refractivity contribution in [3.05, 3.63) is 46.5 Å². The number of methoxy groups -OCH3 is 1. The van der Waals surface area contributed by atoms with E-state index >= 15 is 0 Å². The van der Waals surface area contributed by atoms with E-state index in [1.807, 2.05) is 0 Å². The van der Waals surface area contributed by atoms with Gasteiger partial charge in [0.1, 0.15) is 5.60 Å². The van der Waals surface area contributed by atoms with E-state index < -0.39 is 35.2 Å². The fourth-order valence-corrected chi connectivity index (χ4v) is 5.94. The molecule has 1 saturated heterocycles. The molecule has 10 nitrogen and oxygen atoms in total. The third-order valence-corrected chi connectivity index (χ3v) is 8.21. The molecule has 2 fully saturated rings. The highest BCUT2D eigenvalue weighted by Gasteiger charge is 2.40. The summed E-state index contributed by atoms with van der Waals surface area (Å²) in [6.45, 7) is 1.06. The maximum atomic E-state index is 12.9. The van der Waals surface area contributed by atoms with Crippen LogP contribution >= 0.6 is 11.3 Å². The SMILES string of the molecule is COC(=O)Nc1ncc(C2(O)CCC(N3CCC(NC(=O)CNC(=O)c4cccc(C(F)(F)F)c4)C3)CC2)s1.